The molecule has 134 valence electrons. The molecule has 2 heterocycles. The van der Waals surface area contributed by atoms with Gasteiger partial charge < -0.3 is 9.88 Å². The Balaban J connectivity index is 1.66. The second kappa shape index (κ2) is 6.97. The quantitative estimate of drug-likeness (QED) is 0.893. The number of piperazine rings is 1. The van der Waals surface area contributed by atoms with Gasteiger partial charge in [-0.2, -0.15) is 4.31 Å². The molecule has 0 saturated carbocycles. The normalized spacial score (nSPS) is 16.2. The molecule has 0 bridgehead atoms. The standard InChI is InChI=1S/C17H20FN3O3S/c1-13-11-14(18)4-5-16(13)25(23,24)21-9-7-20(8-10-21)17(22)12-15-3-2-6-19-15/h2-6,11,19H,7-10,12H2,1H3. The van der Waals surface area contributed by atoms with Crippen LogP contribution in [0, 0.1) is 12.7 Å². The number of benzene rings is 1. The van der Waals surface area contributed by atoms with E-state index in [1.54, 1.807) is 18.0 Å². The van der Waals surface area contributed by atoms with Gasteiger partial charge in [-0.15, -0.1) is 0 Å². The second-order valence-corrected chi connectivity index (χ2v) is 7.97. The van der Waals surface area contributed by atoms with E-state index in [0.717, 1.165) is 11.8 Å². The fraction of sp³-hybridized carbons (Fsp3) is 0.353. The van der Waals surface area contributed by atoms with Crippen molar-refractivity contribution in [3.05, 3.63) is 53.6 Å². The molecule has 3 rings (SSSR count). The van der Waals surface area contributed by atoms with E-state index >= 15 is 0 Å². The van der Waals surface area contributed by atoms with Crippen LogP contribution in [0.5, 0.6) is 0 Å². The van der Waals surface area contributed by atoms with Crippen LogP contribution in [0.2, 0.25) is 0 Å². The fourth-order valence-electron chi connectivity index (χ4n) is 2.97. The Bertz CT molecular complexity index is 857. The van der Waals surface area contributed by atoms with Crippen LogP contribution in [-0.2, 0) is 21.2 Å². The van der Waals surface area contributed by atoms with Crippen molar-refractivity contribution in [3.63, 3.8) is 0 Å². The number of hydrogen-bond acceptors (Lipinski definition) is 3. The molecule has 25 heavy (non-hydrogen) atoms. The summed E-state index contributed by atoms with van der Waals surface area (Å²) in [6.07, 6.45) is 2.04. The summed E-state index contributed by atoms with van der Waals surface area (Å²) >= 11 is 0. The number of carbonyl (C=O) groups is 1. The van der Waals surface area contributed by atoms with Crippen molar-refractivity contribution in [3.8, 4) is 0 Å². The van der Waals surface area contributed by atoms with Crippen molar-refractivity contribution in [2.45, 2.75) is 18.2 Å². The predicted octanol–water partition coefficient (Wildman–Crippen LogP) is 1.54. The molecule has 1 amide bonds. The van der Waals surface area contributed by atoms with E-state index in [9.17, 15) is 17.6 Å². The Morgan fingerprint density at radius 1 is 1.20 bits per heavy atom. The molecule has 2 aromatic rings. The summed E-state index contributed by atoms with van der Waals surface area (Å²) < 4.78 is 40.1. The summed E-state index contributed by atoms with van der Waals surface area (Å²) in [7, 11) is -3.69. The van der Waals surface area contributed by atoms with E-state index in [2.05, 4.69) is 4.98 Å². The number of carbonyl (C=O) groups excluding carboxylic acids is 1. The third-order valence-electron chi connectivity index (χ3n) is 4.35. The minimum Gasteiger partial charge on any atom is -0.365 e. The number of sulfonamides is 1. The minimum atomic E-state index is -3.69. The molecule has 6 nitrogen and oxygen atoms in total. The monoisotopic (exact) mass is 365 g/mol. The Labute approximate surface area is 146 Å². The van der Waals surface area contributed by atoms with Gasteiger partial charge in [0.15, 0.2) is 0 Å². The highest BCUT2D eigenvalue weighted by atomic mass is 32.2. The molecule has 1 N–H and O–H groups in total. The van der Waals surface area contributed by atoms with E-state index in [4.69, 9.17) is 0 Å². The first-order chi connectivity index (χ1) is 11.9. The maximum atomic E-state index is 13.2. The van der Waals surface area contributed by atoms with Gasteiger partial charge in [0.2, 0.25) is 15.9 Å². The second-order valence-electron chi connectivity index (χ2n) is 6.07. The largest absolute Gasteiger partial charge is 0.365 e. The molecule has 8 heteroatoms. The van der Waals surface area contributed by atoms with Crippen LogP contribution >= 0.6 is 0 Å². The summed E-state index contributed by atoms with van der Waals surface area (Å²) in [5.74, 6) is -0.492. The highest BCUT2D eigenvalue weighted by Gasteiger charge is 2.31. The first kappa shape index (κ1) is 17.6. The lowest BCUT2D eigenvalue weighted by atomic mass is 10.2. The van der Waals surface area contributed by atoms with Crippen molar-refractivity contribution >= 4 is 15.9 Å². The molecule has 1 aliphatic rings. The smallest absolute Gasteiger partial charge is 0.243 e. The van der Waals surface area contributed by atoms with Gasteiger partial charge in [-0.1, -0.05) is 0 Å². The molecule has 0 radical (unpaired) electrons. The topological polar surface area (TPSA) is 73.5 Å². The molecular weight excluding hydrogens is 345 g/mol. The van der Waals surface area contributed by atoms with Gasteiger partial charge in [-0.25, -0.2) is 12.8 Å². The van der Waals surface area contributed by atoms with Crippen molar-refractivity contribution < 1.29 is 17.6 Å². The van der Waals surface area contributed by atoms with Crippen molar-refractivity contribution in [2.75, 3.05) is 26.2 Å². The fourth-order valence-corrected chi connectivity index (χ4v) is 4.60. The van der Waals surface area contributed by atoms with Crippen LogP contribution in [0.4, 0.5) is 4.39 Å². The van der Waals surface area contributed by atoms with Crippen molar-refractivity contribution in [1.82, 2.24) is 14.2 Å². The molecule has 0 unspecified atom stereocenters. The van der Waals surface area contributed by atoms with E-state index in [1.165, 1.54) is 16.4 Å². The molecule has 1 aromatic heterocycles. The SMILES string of the molecule is Cc1cc(F)ccc1S(=O)(=O)N1CCN(C(=O)Cc2ccc[nH]2)CC1. The number of nitrogens with one attached hydrogen (secondary N) is 1. The highest BCUT2D eigenvalue weighted by Crippen LogP contribution is 2.22. The first-order valence-electron chi connectivity index (χ1n) is 8.04. The number of aromatic amines is 1. The Morgan fingerprint density at radius 3 is 2.52 bits per heavy atom. The Hall–Kier alpha value is -2.19. The molecule has 0 atom stereocenters. The summed E-state index contributed by atoms with van der Waals surface area (Å²) in [4.78, 5) is 17.0. The van der Waals surface area contributed by atoms with Crippen molar-refractivity contribution in [2.24, 2.45) is 0 Å². The number of nitrogens with zero attached hydrogens (tertiary/aromatic N) is 2. The highest BCUT2D eigenvalue weighted by molar-refractivity contribution is 7.89. The molecule has 0 spiro atoms. The van der Waals surface area contributed by atoms with Crippen LogP contribution in [0.1, 0.15) is 11.3 Å². The molecule has 1 saturated heterocycles. The van der Waals surface area contributed by atoms with Gasteiger partial charge in [-0.3, -0.25) is 4.79 Å². The lowest BCUT2D eigenvalue weighted by Gasteiger charge is -2.34. The van der Waals surface area contributed by atoms with Gasteiger partial charge in [-0.05, 0) is 42.8 Å². The lowest BCUT2D eigenvalue weighted by Crippen LogP contribution is -2.51. The Morgan fingerprint density at radius 2 is 1.92 bits per heavy atom. The van der Waals surface area contributed by atoms with E-state index in [-0.39, 0.29) is 30.3 Å². The first-order valence-corrected chi connectivity index (χ1v) is 9.48. The van der Waals surface area contributed by atoms with Gasteiger partial charge in [0.25, 0.3) is 0 Å². The summed E-state index contributed by atoms with van der Waals surface area (Å²) in [5.41, 5.74) is 1.22. The number of aryl methyl sites for hydroxylation is 1. The summed E-state index contributed by atoms with van der Waals surface area (Å²) in [6.45, 7) is 2.73. The van der Waals surface area contributed by atoms with E-state index in [0.29, 0.717) is 18.7 Å². The summed E-state index contributed by atoms with van der Waals surface area (Å²) in [5, 5.41) is 0. The van der Waals surface area contributed by atoms with Crippen LogP contribution in [0.15, 0.2) is 41.4 Å². The maximum absolute atomic E-state index is 13.2. The van der Waals surface area contributed by atoms with Crippen molar-refractivity contribution in [1.29, 1.82) is 0 Å². The average Bonchev–Trinajstić information content (AvgIpc) is 3.07. The Kier molecular flexibility index (Phi) is 4.91. The average molecular weight is 365 g/mol. The van der Waals surface area contributed by atoms with Crippen LogP contribution in [0.3, 0.4) is 0 Å². The van der Waals surface area contributed by atoms with Crippen LogP contribution in [-0.4, -0.2) is 54.7 Å². The van der Waals surface area contributed by atoms with Gasteiger partial charge in [0.05, 0.1) is 11.3 Å². The van der Waals surface area contributed by atoms with Crippen LogP contribution in [0.25, 0.3) is 0 Å². The molecule has 1 aromatic carbocycles. The number of aromatic nitrogens is 1. The van der Waals surface area contributed by atoms with Gasteiger partial charge in [0, 0.05) is 38.1 Å². The van der Waals surface area contributed by atoms with Crippen LogP contribution < -0.4 is 0 Å². The third-order valence-corrected chi connectivity index (χ3v) is 6.41. The van der Waals surface area contributed by atoms with E-state index in [1.807, 2.05) is 12.1 Å². The zero-order chi connectivity index (χ0) is 18.0. The molecule has 1 aliphatic heterocycles. The third kappa shape index (κ3) is 3.74. The lowest BCUT2D eigenvalue weighted by molar-refractivity contribution is -0.131. The maximum Gasteiger partial charge on any atom is 0.243 e. The number of amides is 1. The van der Waals surface area contributed by atoms with E-state index < -0.39 is 15.8 Å². The summed E-state index contributed by atoms with van der Waals surface area (Å²) in [6, 6.07) is 7.33. The molecule has 1 fully saturated rings. The number of rotatable bonds is 4. The number of hydrogen-bond donors (Lipinski definition) is 1. The van der Waals surface area contributed by atoms with Gasteiger partial charge >= 0.3 is 0 Å². The minimum absolute atomic E-state index is 0.0301. The zero-order valence-corrected chi connectivity index (χ0v) is 14.7. The van der Waals surface area contributed by atoms with Gasteiger partial charge in [0.1, 0.15) is 5.82 Å². The molecule has 0 aliphatic carbocycles. The number of halogens is 1. The zero-order valence-electron chi connectivity index (χ0n) is 13.9. The molecular formula is C17H20FN3O3S. The number of H-pyrrole nitrogens is 1. The predicted molar refractivity (Wildman–Crippen MR) is 91.0 cm³/mol.